The minimum absolute atomic E-state index is 0. The second kappa shape index (κ2) is 8.95. The Bertz CT molecular complexity index is 29.5. The molecule has 4 heteroatoms. The maximum absolute atomic E-state index is 2.23. The van der Waals surface area contributed by atoms with Gasteiger partial charge in [-0.15, -0.1) is 0 Å². The molecule has 0 amide bonds. The number of halogens is 1. The van der Waals surface area contributed by atoms with Crippen LogP contribution in [0.25, 0.3) is 0 Å². The van der Waals surface area contributed by atoms with E-state index < -0.39 is 0 Å². The van der Waals surface area contributed by atoms with E-state index in [1.807, 2.05) is 23.5 Å². The monoisotopic (exact) mass is 222 g/mol. The summed E-state index contributed by atoms with van der Waals surface area (Å²) in [6.07, 6.45) is 1.39. The van der Waals surface area contributed by atoms with Crippen LogP contribution < -0.4 is 17.0 Å². The van der Waals surface area contributed by atoms with Gasteiger partial charge in [0, 0.05) is 0 Å². The SMILES string of the molecule is [Br-].[CH-]1SCCCS1.[Mg+2]. The second-order valence-corrected chi connectivity index (χ2v) is 3.44. The minimum Gasteiger partial charge on any atom is -1.00 e. The Morgan fingerprint density at radius 1 is 1.12 bits per heavy atom. The van der Waals surface area contributed by atoms with Crippen LogP contribution in [-0.4, -0.2) is 34.6 Å². The molecule has 0 atom stereocenters. The van der Waals surface area contributed by atoms with E-state index in [-0.39, 0.29) is 40.0 Å². The summed E-state index contributed by atoms with van der Waals surface area (Å²) in [5, 5.41) is 2.23. The van der Waals surface area contributed by atoms with Crippen molar-refractivity contribution in [1.29, 1.82) is 0 Å². The molecule has 0 nitrogen and oxygen atoms in total. The Morgan fingerprint density at radius 2 is 1.62 bits per heavy atom. The van der Waals surface area contributed by atoms with Crippen LogP contribution in [0.1, 0.15) is 6.42 Å². The van der Waals surface area contributed by atoms with E-state index in [0.29, 0.717) is 0 Å². The summed E-state index contributed by atoms with van der Waals surface area (Å²) in [4.78, 5) is 0. The fraction of sp³-hybridized carbons (Fsp3) is 0.750. The molecular formula is C4H7BrMgS2. The van der Waals surface area contributed by atoms with Crippen molar-refractivity contribution in [3.63, 3.8) is 0 Å². The summed E-state index contributed by atoms with van der Waals surface area (Å²) in [6, 6.07) is 0. The molecule has 8 heavy (non-hydrogen) atoms. The van der Waals surface area contributed by atoms with Crippen LogP contribution in [-0.2, 0) is 0 Å². The molecule has 0 aliphatic carbocycles. The average Bonchev–Trinajstić information content (AvgIpc) is 1.72. The zero-order valence-electron chi connectivity index (χ0n) is 4.60. The molecule has 1 saturated heterocycles. The first-order chi connectivity index (χ1) is 3.00. The summed E-state index contributed by atoms with van der Waals surface area (Å²) in [6.45, 7) is 0. The standard InChI is InChI=1S/C4H7S2.BrH.Mg/c1-2-5-4-6-3-1;;/h4H,1-3H2;1H;/q-1;;+2/p-1. The van der Waals surface area contributed by atoms with Gasteiger partial charge in [0.1, 0.15) is 0 Å². The summed E-state index contributed by atoms with van der Waals surface area (Å²) in [5.74, 6) is 2.68. The van der Waals surface area contributed by atoms with Gasteiger partial charge in [0.25, 0.3) is 0 Å². The molecule has 0 unspecified atom stereocenters. The fourth-order valence-corrected chi connectivity index (χ4v) is 2.33. The van der Waals surface area contributed by atoms with E-state index in [1.165, 1.54) is 17.9 Å². The maximum atomic E-state index is 2.23. The van der Waals surface area contributed by atoms with E-state index in [0.717, 1.165) is 0 Å². The maximum Gasteiger partial charge on any atom is 2.00 e. The van der Waals surface area contributed by atoms with Crippen LogP contribution in [0.15, 0.2) is 0 Å². The van der Waals surface area contributed by atoms with Gasteiger partial charge >= 0.3 is 23.1 Å². The van der Waals surface area contributed by atoms with Gasteiger partial charge in [0.05, 0.1) is 0 Å². The Labute approximate surface area is 85.9 Å². The number of rotatable bonds is 0. The molecule has 0 bridgehead atoms. The zero-order chi connectivity index (χ0) is 4.24. The van der Waals surface area contributed by atoms with Crippen molar-refractivity contribution < 1.29 is 17.0 Å². The molecule has 1 aliphatic rings. The average molecular weight is 223 g/mol. The van der Waals surface area contributed by atoms with E-state index >= 15 is 0 Å². The number of hydrogen-bond acceptors (Lipinski definition) is 2. The quantitative estimate of drug-likeness (QED) is 0.366. The first-order valence-electron chi connectivity index (χ1n) is 2.05. The smallest absolute Gasteiger partial charge is 1.00 e. The second-order valence-electron chi connectivity index (χ2n) is 1.19. The normalized spacial score (nSPS) is 18.0. The number of thioether (sulfide) groups is 2. The molecule has 1 rings (SSSR count). The van der Waals surface area contributed by atoms with Gasteiger partial charge in [-0.2, -0.15) is 0 Å². The fourth-order valence-electron chi connectivity index (χ4n) is 0.370. The summed E-state index contributed by atoms with van der Waals surface area (Å²) in [5.41, 5.74) is 0. The molecule has 0 N–H and O–H groups in total. The van der Waals surface area contributed by atoms with Gasteiger partial charge in [-0.1, -0.05) is 0 Å². The van der Waals surface area contributed by atoms with Gasteiger partial charge in [-0.05, 0) is 17.9 Å². The Kier molecular flexibility index (Phi) is 14.1. The molecule has 0 saturated carbocycles. The van der Waals surface area contributed by atoms with Gasteiger partial charge in [0.15, 0.2) is 0 Å². The van der Waals surface area contributed by atoms with E-state index in [9.17, 15) is 0 Å². The molecular weight excluding hydrogens is 216 g/mol. The van der Waals surface area contributed by atoms with Crippen LogP contribution in [0.5, 0.6) is 0 Å². The molecule has 0 aromatic heterocycles. The van der Waals surface area contributed by atoms with Crippen LogP contribution in [0.3, 0.4) is 0 Å². The molecule has 44 valence electrons. The van der Waals surface area contributed by atoms with Crippen LogP contribution in [0, 0.1) is 5.08 Å². The van der Waals surface area contributed by atoms with Crippen molar-refractivity contribution in [2.75, 3.05) is 11.5 Å². The van der Waals surface area contributed by atoms with Crippen LogP contribution in [0.4, 0.5) is 0 Å². The summed E-state index contributed by atoms with van der Waals surface area (Å²) in [7, 11) is 0. The Balaban J connectivity index is 0. The van der Waals surface area contributed by atoms with E-state index in [4.69, 9.17) is 0 Å². The molecule has 1 fully saturated rings. The van der Waals surface area contributed by atoms with Crippen molar-refractivity contribution in [3.05, 3.63) is 5.08 Å². The largest absolute Gasteiger partial charge is 2.00 e. The molecule has 1 aliphatic heterocycles. The Hall–Kier alpha value is 1.95. The van der Waals surface area contributed by atoms with Crippen molar-refractivity contribution in [2.45, 2.75) is 6.42 Å². The summed E-state index contributed by atoms with van der Waals surface area (Å²) < 4.78 is 0. The third-order valence-corrected chi connectivity index (χ3v) is 2.80. The molecule has 1 heterocycles. The van der Waals surface area contributed by atoms with Gasteiger partial charge in [-0.3, -0.25) is 0 Å². The molecule has 0 aromatic rings. The van der Waals surface area contributed by atoms with Crippen molar-refractivity contribution >= 4 is 46.6 Å². The van der Waals surface area contributed by atoms with Gasteiger partial charge in [0.2, 0.25) is 0 Å². The van der Waals surface area contributed by atoms with E-state index in [1.54, 1.807) is 0 Å². The van der Waals surface area contributed by atoms with Crippen molar-refractivity contribution in [3.8, 4) is 0 Å². The molecule has 0 radical (unpaired) electrons. The topological polar surface area (TPSA) is 0 Å². The Morgan fingerprint density at radius 3 is 1.75 bits per heavy atom. The summed E-state index contributed by atoms with van der Waals surface area (Å²) >= 11 is 3.87. The van der Waals surface area contributed by atoms with Crippen molar-refractivity contribution in [2.24, 2.45) is 0 Å². The van der Waals surface area contributed by atoms with Gasteiger partial charge in [-0.25, -0.2) is 5.08 Å². The first-order valence-corrected chi connectivity index (χ1v) is 4.15. The van der Waals surface area contributed by atoms with Gasteiger partial charge < -0.3 is 40.5 Å². The zero-order valence-corrected chi connectivity index (χ0v) is 9.23. The molecule has 0 aromatic carbocycles. The van der Waals surface area contributed by atoms with Crippen LogP contribution in [0.2, 0.25) is 0 Å². The third kappa shape index (κ3) is 6.07. The first kappa shape index (κ1) is 12.6. The van der Waals surface area contributed by atoms with Crippen molar-refractivity contribution in [1.82, 2.24) is 0 Å². The van der Waals surface area contributed by atoms with Crippen LogP contribution >= 0.6 is 23.5 Å². The minimum atomic E-state index is 0. The third-order valence-electron chi connectivity index (χ3n) is 0.660. The number of hydrogen-bond donors (Lipinski definition) is 0. The predicted octanol–water partition coefficient (Wildman–Crippen LogP) is -1.40. The van der Waals surface area contributed by atoms with E-state index in [2.05, 4.69) is 5.08 Å². The molecule has 0 spiro atoms. The predicted molar refractivity (Wildman–Crippen MR) is 39.6 cm³/mol.